The van der Waals surface area contributed by atoms with Gasteiger partial charge in [-0.25, -0.2) is 0 Å². The summed E-state index contributed by atoms with van der Waals surface area (Å²) in [6, 6.07) is 4.56. The van der Waals surface area contributed by atoms with Gasteiger partial charge in [0, 0.05) is 5.92 Å². The number of hydrogen-bond acceptors (Lipinski definition) is 2. The van der Waals surface area contributed by atoms with Crippen LogP contribution < -0.4 is 11.1 Å². The van der Waals surface area contributed by atoms with E-state index in [9.17, 15) is 18.0 Å². The van der Waals surface area contributed by atoms with E-state index in [4.69, 9.17) is 5.73 Å². The molecule has 1 amide bonds. The van der Waals surface area contributed by atoms with Crippen molar-refractivity contribution >= 4 is 18.3 Å². The first-order chi connectivity index (χ1) is 10.3. The standard InChI is InChI=1S/C16H21F3N2O.ClH/c1-10(11-5-7-13(8-6-11)16(17,18)19)21-15(22)14-4-2-3-12(14)9-20;/h5-8,10,12,14H,2-4,9,20H2,1H3,(H,21,22);1H/t10?,12-,14-;/m1./s1. The summed E-state index contributed by atoms with van der Waals surface area (Å²) in [5, 5.41) is 2.88. The Morgan fingerprint density at radius 3 is 2.43 bits per heavy atom. The second-order valence-corrected chi connectivity index (χ2v) is 5.88. The van der Waals surface area contributed by atoms with E-state index in [-0.39, 0.29) is 36.2 Å². The van der Waals surface area contributed by atoms with Crippen molar-refractivity contribution in [3.8, 4) is 0 Å². The van der Waals surface area contributed by atoms with Crippen LogP contribution in [-0.4, -0.2) is 12.5 Å². The summed E-state index contributed by atoms with van der Waals surface area (Å²) in [5.41, 5.74) is 5.64. The highest BCUT2D eigenvalue weighted by Gasteiger charge is 2.33. The van der Waals surface area contributed by atoms with Crippen molar-refractivity contribution in [2.45, 2.75) is 38.4 Å². The molecule has 7 heteroatoms. The minimum atomic E-state index is -4.34. The van der Waals surface area contributed by atoms with Crippen LogP contribution in [0.4, 0.5) is 13.2 Å². The van der Waals surface area contributed by atoms with E-state index in [1.54, 1.807) is 6.92 Å². The van der Waals surface area contributed by atoms with Gasteiger partial charge in [0.2, 0.25) is 5.91 Å². The Hall–Kier alpha value is -1.27. The third-order valence-electron chi connectivity index (χ3n) is 4.40. The molecule has 0 radical (unpaired) electrons. The Morgan fingerprint density at radius 2 is 1.91 bits per heavy atom. The number of alkyl halides is 3. The van der Waals surface area contributed by atoms with Crippen LogP contribution in [0.15, 0.2) is 24.3 Å². The van der Waals surface area contributed by atoms with Gasteiger partial charge in [-0.3, -0.25) is 4.79 Å². The summed E-state index contributed by atoms with van der Waals surface area (Å²) in [4.78, 5) is 12.3. The molecule has 3 N–H and O–H groups in total. The fourth-order valence-electron chi connectivity index (χ4n) is 3.03. The Balaban J connectivity index is 0.00000264. The van der Waals surface area contributed by atoms with Crippen molar-refractivity contribution in [1.29, 1.82) is 0 Å². The van der Waals surface area contributed by atoms with Crippen LogP contribution in [0.5, 0.6) is 0 Å². The maximum Gasteiger partial charge on any atom is 0.416 e. The van der Waals surface area contributed by atoms with Crippen molar-refractivity contribution in [1.82, 2.24) is 5.32 Å². The molecular weight excluding hydrogens is 329 g/mol. The topological polar surface area (TPSA) is 55.1 Å². The number of nitrogens with one attached hydrogen (secondary N) is 1. The molecule has 0 aromatic heterocycles. The van der Waals surface area contributed by atoms with Gasteiger partial charge in [-0.15, -0.1) is 12.4 Å². The largest absolute Gasteiger partial charge is 0.416 e. The third-order valence-corrected chi connectivity index (χ3v) is 4.40. The molecule has 0 spiro atoms. The number of benzene rings is 1. The van der Waals surface area contributed by atoms with E-state index in [2.05, 4.69) is 5.32 Å². The van der Waals surface area contributed by atoms with Gasteiger partial charge in [0.25, 0.3) is 0 Å². The van der Waals surface area contributed by atoms with Gasteiger partial charge < -0.3 is 11.1 Å². The van der Waals surface area contributed by atoms with Gasteiger partial charge in [-0.1, -0.05) is 18.6 Å². The van der Waals surface area contributed by atoms with Gasteiger partial charge in [0.05, 0.1) is 11.6 Å². The lowest BCUT2D eigenvalue weighted by molar-refractivity contribution is -0.137. The average molecular weight is 351 g/mol. The number of carbonyl (C=O) groups is 1. The molecule has 1 saturated carbocycles. The molecule has 1 aromatic carbocycles. The molecule has 3 atom stereocenters. The van der Waals surface area contributed by atoms with Gasteiger partial charge in [0.15, 0.2) is 0 Å². The summed E-state index contributed by atoms with van der Waals surface area (Å²) < 4.78 is 37.6. The lowest BCUT2D eigenvalue weighted by Gasteiger charge is -2.21. The maximum atomic E-state index is 12.5. The van der Waals surface area contributed by atoms with Crippen LogP contribution >= 0.6 is 12.4 Å². The van der Waals surface area contributed by atoms with Crippen molar-refractivity contribution in [3.05, 3.63) is 35.4 Å². The zero-order chi connectivity index (χ0) is 16.3. The summed E-state index contributed by atoms with van der Waals surface area (Å²) in [5.74, 6) is 0.0713. The molecule has 0 bridgehead atoms. The first-order valence-corrected chi connectivity index (χ1v) is 7.50. The quantitative estimate of drug-likeness (QED) is 0.870. The summed E-state index contributed by atoms with van der Waals surface area (Å²) >= 11 is 0. The van der Waals surface area contributed by atoms with E-state index < -0.39 is 11.7 Å². The van der Waals surface area contributed by atoms with Crippen LogP contribution in [0.2, 0.25) is 0 Å². The van der Waals surface area contributed by atoms with Gasteiger partial charge >= 0.3 is 6.18 Å². The average Bonchev–Trinajstić information content (AvgIpc) is 2.95. The monoisotopic (exact) mass is 350 g/mol. The van der Waals surface area contributed by atoms with E-state index >= 15 is 0 Å². The summed E-state index contributed by atoms with van der Waals surface area (Å²) in [7, 11) is 0. The molecule has 130 valence electrons. The molecule has 1 aliphatic rings. The van der Waals surface area contributed by atoms with Crippen molar-refractivity contribution in [2.24, 2.45) is 17.6 Å². The first-order valence-electron chi connectivity index (χ1n) is 7.50. The summed E-state index contributed by atoms with van der Waals surface area (Å²) in [6.07, 6.45) is -1.56. The highest BCUT2D eigenvalue weighted by molar-refractivity contribution is 5.85. The number of halogens is 4. The Morgan fingerprint density at radius 1 is 1.30 bits per heavy atom. The zero-order valence-electron chi connectivity index (χ0n) is 12.9. The predicted molar refractivity (Wildman–Crippen MR) is 85.1 cm³/mol. The van der Waals surface area contributed by atoms with Crippen LogP contribution in [0, 0.1) is 11.8 Å². The molecule has 0 heterocycles. The highest BCUT2D eigenvalue weighted by Crippen LogP contribution is 2.32. The van der Waals surface area contributed by atoms with Crippen LogP contribution in [0.3, 0.4) is 0 Å². The smallest absolute Gasteiger partial charge is 0.349 e. The van der Waals surface area contributed by atoms with Gasteiger partial charge in [-0.2, -0.15) is 13.2 Å². The van der Waals surface area contributed by atoms with Crippen LogP contribution in [0.25, 0.3) is 0 Å². The minimum Gasteiger partial charge on any atom is -0.349 e. The first kappa shape index (κ1) is 19.8. The van der Waals surface area contributed by atoms with Gasteiger partial charge in [-0.05, 0) is 49.9 Å². The molecule has 1 aliphatic carbocycles. The molecule has 1 unspecified atom stereocenters. The highest BCUT2D eigenvalue weighted by atomic mass is 35.5. The number of nitrogens with two attached hydrogens (primary N) is 1. The van der Waals surface area contributed by atoms with E-state index in [1.165, 1.54) is 12.1 Å². The minimum absolute atomic E-state index is 0. The Kier molecular flexibility index (Phi) is 6.89. The van der Waals surface area contributed by atoms with Crippen molar-refractivity contribution in [3.63, 3.8) is 0 Å². The Labute approximate surface area is 140 Å². The molecule has 2 rings (SSSR count). The lowest BCUT2D eigenvalue weighted by Crippen LogP contribution is -2.36. The maximum absolute atomic E-state index is 12.5. The van der Waals surface area contributed by atoms with Crippen molar-refractivity contribution in [2.75, 3.05) is 6.54 Å². The van der Waals surface area contributed by atoms with E-state index in [0.717, 1.165) is 31.4 Å². The molecule has 1 fully saturated rings. The zero-order valence-corrected chi connectivity index (χ0v) is 13.7. The second-order valence-electron chi connectivity index (χ2n) is 5.88. The number of amides is 1. The number of hydrogen-bond donors (Lipinski definition) is 2. The van der Waals surface area contributed by atoms with E-state index in [0.29, 0.717) is 12.1 Å². The predicted octanol–water partition coefficient (Wildman–Crippen LogP) is 3.68. The van der Waals surface area contributed by atoms with E-state index in [1.807, 2.05) is 0 Å². The molecule has 0 saturated heterocycles. The SMILES string of the molecule is CC(NC(=O)[C@@H]1CCC[C@@H]1CN)c1ccc(C(F)(F)F)cc1.Cl. The third kappa shape index (κ3) is 4.85. The fraction of sp³-hybridized carbons (Fsp3) is 0.562. The fourth-order valence-corrected chi connectivity index (χ4v) is 3.03. The number of carbonyl (C=O) groups excluding carboxylic acids is 1. The van der Waals surface area contributed by atoms with Gasteiger partial charge in [0.1, 0.15) is 0 Å². The second kappa shape index (κ2) is 8.02. The van der Waals surface area contributed by atoms with Crippen LogP contribution in [-0.2, 0) is 11.0 Å². The summed E-state index contributed by atoms with van der Waals surface area (Å²) in [6.45, 7) is 2.26. The normalized spacial score (nSPS) is 22.3. The Bertz CT molecular complexity index is 519. The van der Waals surface area contributed by atoms with Crippen molar-refractivity contribution < 1.29 is 18.0 Å². The molecule has 1 aromatic rings. The number of rotatable bonds is 4. The van der Waals surface area contributed by atoms with Crippen LogP contribution in [0.1, 0.15) is 43.4 Å². The molecule has 23 heavy (non-hydrogen) atoms. The molecule has 3 nitrogen and oxygen atoms in total. The lowest BCUT2D eigenvalue weighted by atomic mass is 9.94. The molecular formula is C16H22ClF3N2O. The molecule has 0 aliphatic heterocycles.